The van der Waals surface area contributed by atoms with E-state index in [1.165, 1.54) is 0 Å². The van der Waals surface area contributed by atoms with Crippen LogP contribution < -0.4 is 10.6 Å². The summed E-state index contributed by atoms with van der Waals surface area (Å²) in [5, 5.41) is 6.76. The molecule has 0 spiro atoms. The maximum atomic E-state index is 5.32. The van der Waals surface area contributed by atoms with Crippen LogP contribution in [-0.2, 0) is 6.42 Å². The van der Waals surface area contributed by atoms with Crippen molar-refractivity contribution in [3.63, 3.8) is 0 Å². The van der Waals surface area contributed by atoms with E-state index in [4.69, 9.17) is 4.42 Å². The Balaban J connectivity index is 0.00000400. The van der Waals surface area contributed by atoms with Crippen molar-refractivity contribution < 1.29 is 4.42 Å². The highest BCUT2D eigenvalue weighted by molar-refractivity contribution is 14.0. The lowest BCUT2D eigenvalue weighted by atomic mass is 10.1. The maximum Gasteiger partial charge on any atom is 0.191 e. The summed E-state index contributed by atoms with van der Waals surface area (Å²) in [5.41, 5.74) is 1.05. The van der Waals surface area contributed by atoms with Gasteiger partial charge in [-0.3, -0.25) is 0 Å². The molecule has 1 aromatic heterocycles. The quantitative estimate of drug-likeness (QED) is 0.316. The van der Waals surface area contributed by atoms with E-state index in [9.17, 15) is 0 Å². The first-order valence-electron chi connectivity index (χ1n) is 7.20. The molecule has 21 heavy (non-hydrogen) atoms. The minimum atomic E-state index is 0. The smallest absolute Gasteiger partial charge is 0.191 e. The van der Waals surface area contributed by atoms with Crippen LogP contribution in [0.25, 0.3) is 0 Å². The topological polar surface area (TPSA) is 49.6 Å². The Morgan fingerprint density at radius 3 is 2.62 bits per heavy atom. The minimum Gasteiger partial charge on any atom is -0.469 e. The standard InChI is InChI=1S/C16H27N3O.HI/c1-12(2)11-18-16(19-14(5)13(3)4)17-9-8-15-7-6-10-20-15;/h6-7,10,13-14H,1,8-9,11H2,2-5H3,(H2,17,18,19);1H. The Morgan fingerprint density at radius 2 is 2.10 bits per heavy atom. The molecule has 1 aromatic rings. The van der Waals surface area contributed by atoms with E-state index >= 15 is 0 Å². The van der Waals surface area contributed by atoms with Gasteiger partial charge in [0, 0.05) is 19.0 Å². The van der Waals surface area contributed by atoms with Crippen LogP contribution in [0, 0.1) is 5.92 Å². The molecule has 0 saturated heterocycles. The molecule has 0 aliphatic heterocycles. The van der Waals surface area contributed by atoms with Gasteiger partial charge in [0.25, 0.3) is 0 Å². The Bertz CT molecular complexity index is 427. The largest absolute Gasteiger partial charge is 0.469 e. The Labute approximate surface area is 145 Å². The van der Waals surface area contributed by atoms with Crippen molar-refractivity contribution in [1.82, 2.24) is 10.6 Å². The first-order chi connectivity index (χ1) is 9.49. The zero-order valence-corrected chi connectivity index (χ0v) is 15.8. The summed E-state index contributed by atoms with van der Waals surface area (Å²) >= 11 is 0. The molecule has 1 atom stereocenters. The summed E-state index contributed by atoms with van der Waals surface area (Å²) < 4.78 is 5.32. The fourth-order valence-electron chi connectivity index (χ4n) is 1.51. The van der Waals surface area contributed by atoms with Crippen LogP contribution in [0.1, 0.15) is 33.5 Å². The molecule has 1 unspecified atom stereocenters. The molecule has 2 N–H and O–H groups in total. The maximum absolute atomic E-state index is 5.32. The summed E-state index contributed by atoms with van der Waals surface area (Å²) in [7, 11) is 0. The van der Waals surface area contributed by atoms with Crippen LogP contribution in [0.3, 0.4) is 0 Å². The van der Waals surface area contributed by atoms with E-state index in [0.29, 0.717) is 18.5 Å². The summed E-state index contributed by atoms with van der Waals surface area (Å²) in [6, 6.07) is 4.26. The van der Waals surface area contributed by atoms with Crippen LogP contribution in [-0.4, -0.2) is 25.1 Å². The third-order valence-electron chi connectivity index (χ3n) is 3.12. The Kier molecular flexibility index (Phi) is 10.2. The first-order valence-corrected chi connectivity index (χ1v) is 7.20. The van der Waals surface area contributed by atoms with E-state index in [2.05, 4.69) is 43.0 Å². The second kappa shape index (κ2) is 10.7. The third-order valence-corrected chi connectivity index (χ3v) is 3.12. The predicted molar refractivity (Wildman–Crippen MR) is 100 cm³/mol. The molecule has 4 nitrogen and oxygen atoms in total. The number of aliphatic imine (C=N–C) groups is 1. The second-order valence-electron chi connectivity index (χ2n) is 5.56. The fourth-order valence-corrected chi connectivity index (χ4v) is 1.51. The van der Waals surface area contributed by atoms with Crippen molar-refractivity contribution in [2.45, 2.75) is 40.2 Å². The molecule has 1 rings (SSSR count). The minimum absolute atomic E-state index is 0. The SMILES string of the molecule is C=C(C)CN=C(NCCc1ccco1)NC(C)C(C)C.I. The lowest BCUT2D eigenvalue weighted by Crippen LogP contribution is -2.45. The molecule has 5 heteroatoms. The van der Waals surface area contributed by atoms with Crippen LogP contribution in [0.4, 0.5) is 0 Å². The number of rotatable bonds is 7. The number of guanidine groups is 1. The molecular formula is C16H28IN3O. The van der Waals surface area contributed by atoms with E-state index < -0.39 is 0 Å². The van der Waals surface area contributed by atoms with Gasteiger partial charge in [-0.25, -0.2) is 4.99 Å². The monoisotopic (exact) mass is 405 g/mol. The molecule has 0 saturated carbocycles. The predicted octanol–water partition coefficient (Wildman–Crippen LogP) is 3.60. The van der Waals surface area contributed by atoms with Gasteiger partial charge in [0.15, 0.2) is 5.96 Å². The summed E-state index contributed by atoms with van der Waals surface area (Å²) in [6.07, 6.45) is 2.54. The van der Waals surface area contributed by atoms with E-state index in [0.717, 1.165) is 30.3 Å². The van der Waals surface area contributed by atoms with Crippen molar-refractivity contribution in [3.05, 3.63) is 36.3 Å². The number of hydrogen-bond acceptors (Lipinski definition) is 2. The molecule has 0 aromatic carbocycles. The van der Waals surface area contributed by atoms with Crippen LogP contribution in [0.5, 0.6) is 0 Å². The second-order valence-corrected chi connectivity index (χ2v) is 5.56. The van der Waals surface area contributed by atoms with Gasteiger partial charge in [-0.15, -0.1) is 24.0 Å². The molecule has 1 heterocycles. The Morgan fingerprint density at radius 1 is 1.38 bits per heavy atom. The zero-order chi connectivity index (χ0) is 15.0. The molecule has 0 radical (unpaired) electrons. The first kappa shape index (κ1) is 20.0. The molecule has 0 fully saturated rings. The van der Waals surface area contributed by atoms with E-state index in [-0.39, 0.29) is 24.0 Å². The summed E-state index contributed by atoms with van der Waals surface area (Å²) in [6.45, 7) is 13.8. The average molecular weight is 405 g/mol. The van der Waals surface area contributed by atoms with Crippen LogP contribution >= 0.6 is 24.0 Å². The highest BCUT2D eigenvalue weighted by atomic mass is 127. The van der Waals surface area contributed by atoms with Crippen molar-refractivity contribution in [3.8, 4) is 0 Å². The normalized spacial score (nSPS) is 12.7. The van der Waals surface area contributed by atoms with Gasteiger partial charge in [0.2, 0.25) is 0 Å². The molecule has 0 bridgehead atoms. The summed E-state index contributed by atoms with van der Waals surface area (Å²) in [4.78, 5) is 4.53. The van der Waals surface area contributed by atoms with Gasteiger partial charge in [-0.05, 0) is 31.9 Å². The highest BCUT2D eigenvalue weighted by Gasteiger charge is 2.09. The van der Waals surface area contributed by atoms with Gasteiger partial charge >= 0.3 is 0 Å². The summed E-state index contributed by atoms with van der Waals surface area (Å²) in [5.74, 6) is 2.37. The van der Waals surface area contributed by atoms with Crippen molar-refractivity contribution in [1.29, 1.82) is 0 Å². The molecular weight excluding hydrogens is 377 g/mol. The van der Waals surface area contributed by atoms with Crippen LogP contribution in [0.15, 0.2) is 40.0 Å². The number of hydrogen-bond donors (Lipinski definition) is 2. The number of nitrogens with one attached hydrogen (secondary N) is 2. The van der Waals surface area contributed by atoms with Crippen molar-refractivity contribution in [2.75, 3.05) is 13.1 Å². The van der Waals surface area contributed by atoms with Crippen molar-refractivity contribution >= 4 is 29.9 Å². The van der Waals surface area contributed by atoms with Gasteiger partial charge in [0.05, 0.1) is 12.8 Å². The Hall–Kier alpha value is -0.980. The molecule has 0 amide bonds. The number of nitrogens with zero attached hydrogens (tertiary/aromatic N) is 1. The van der Waals surface area contributed by atoms with Gasteiger partial charge in [0.1, 0.15) is 5.76 Å². The van der Waals surface area contributed by atoms with E-state index in [1.807, 2.05) is 19.1 Å². The third kappa shape index (κ3) is 8.80. The van der Waals surface area contributed by atoms with Gasteiger partial charge in [-0.2, -0.15) is 0 Å². The van der Waals surface area contributed by atoms with Gasteiger partial charge in [-0.1, -0.05) is 26.0 Å². The molecule has 0 aliphatic carbocycles. The van der Waals surface area contributed by atoms with Gasteiger partial charge < -0.3 is 15.1 Å². The van der Waals surface area contributed by atoms with E-state index in [1.54, 1.807) is 6.26 Å². The lowest BCUT2D eigenvalue weighted by molar-refractivity contribution is 0.478. The average Bonchev–Trinajstić information content (AvgIpc) is 2.88. The highest BCUT2D eigenvalue weighted by Crippen LogP contribution is 2.01. The molecule has 0 aliphatic rings. The number of furan rings is 1. The van der Waals surface area contributed by atoms with Crippen molar-refractivity contribution in [2.24, 2.45) is 10.9 Å². The lowest BCUT2D eigenvalue weighted by Gasteiger charge is -2.21. The fraction of sp³-hybridized carbons (Fsp3) is 0.562. The molecule has 120 valence electrons. The van der Waals surface area contributed by atoms with Crippen LogP contribution in [0.2, 0.25) is 0 Å². The number of halogens is 1. The zero-order valence-electron chi connectivity index (χ0n) is 13.5.